The molecule has 0 saturated carbocycles. The Kier molecular flexibility index (Phi) is 8.69. The van der Waals surface area contributed by atoms with Crippen LogP contribution in [-0.4, -0.2) is 29.4 Å². The van der Waals surface area contributed by atoms with Crippen LogP contribution in [0.3, 0.4) is 0 Å². The zero-order valence-electron chi connectivity index (χ0n) is 17.5. The maximum Gasteiger partial charge on any atom is 0.193 e. The van der Waals surface area contributed by atoms with Crippen molar-refractivity contribution in [2.24, 2.45) is 10.7 Å². The number of nitrogen functional groups attached to an aromatic ring is 1. The van der Waals surface area contributed by atoms with Gasteiger partial charge in [0.2, 0.25) is 0 Å². The van der Waals surface area contributed by atoms with Crippen molar-refractivity contribution in [2.75, 3.05) is 24.7 Å². The monoisotopic (exact) mass is 531 g/mol. The number of nitrogens with two attached hydrogens (primary N) is 2. The van der Waals surface area contributed by atoms with Crippen molar-refractivity contribution < 1.29 is 4.74 Å². The number of nitrogens with zero attached hydrogens (tertiary/aromatic N) is 4. The average Bonchev–Trinajstić information content (AvgIpc) is 3.07. The summed E-state index contributed by atoms with van der Waals surface area (Å²) in [5, 5.41) is 17.1. The van der Waals surface area contributed by atoms with Gasteiger partial charge in [-0.1, -0.05) is 17.7 Å². The van der Waals surface area contributed by atoms with Crippen molar-refractivity contribution in [2.45, 2.75) is 19.8 Å². The van der Waals surface area contributed by atoms with Gasteiger partial charge in [0.15, 0.2) is 5.96 Å². The Hall–Kier alpha value is -3.26. The van der Waals surface area contributed by atoms with Crippen molar-refractivity contribution in [3.63, 3.8) is 0 Å². The zero-order valence-corrected chi connectivity index (χ0v) is 19.8. The Labute approximate surface area is 198 Å². The van der Waals surface area contributed by atoms with E-state index in [-0.39, 0.29) is 24.0 Å². The van der Waals surface area contributed by atoms with E-state index in [2.05, 4.69) is 21.5 Å². The van der Waals surface area contributed by atoms with Gasteiger partial charge >= 0.3 is 0 Å². The topological polar surface area (TPSA) is 127 Å². The Morgan fingerprint density at radius 2 is 1.87 bits per heavy atom. The van der Waals surface area contributed by atoms with Crippen LogP contribution in [-0.2, 0) is 6.42 Å². The van der Waals surface area contributed by atoms with E-state index in [4.69, 9.17) is 16.2 Å². The zero-order chi connectivity index (χ0) is 21.5. The number of aliphatic imine (C=N–C) groups is 1. The lowest BCUT2D eigenvalue weighted by atomic mass is 10.1. The van der Waals surface area contributed by atoms with Crippen molar-refractivity contribution in [3.8, 4) is 17.5 Å². The maximum atomic E-state index is 9.50. The Morgan fingerprint density at radius 1 is 1.19 bits per heavy atom. The first-order chi connectivity index (χ1) is 14.5. The van der Waals surface area contributed by atoms with Gasteiger partial charge in [-0.2, -0.15) is 10.4 Å². The molecular weight excluding hydrogens is 505 g/mol. The molecule has 0 saturated heterocycles. The first kappa shape index (κ1) is 24.0. The molecule has 31 heavy (non-hydrogen) atoms. The molecule has 0 unspecified atom stereocenters. The maximum absolute atomic E-state index is 9.50. The van der Waals surface area contributed by atoms with Crippen LogP contribution in [0.2, 0.25) is 0 Å². The van der Waals surface area contributed by atoms with Crippen LogP contribution < -0.4 is 21.5 Å². The second-order valence-electron chi connectivity index (χ2n) is 6.79. The number of methoxy groups -OCH3 is 1. The summed E-state index contributed by atoms with van der Waals surface area (Å²) in [7, 11) is 1.62. The number of aromatic nitrogens is 2. The van der Waals surface area contributed by atoms with Gasteiger partial charge in [-0.15, -0.1) is 24.0 Å². The summed E-state index contributed by atoms with van der Waals surface area (Å²) >= 11 is 0. The van der Waals surface area contributed by atoms with E-state index < -0.39 is 0 Å². The number of rotatable bonds is 7. The minimum Gasteiger partial charge on any atom is -0.497 e. The Morgan fingerprint density at radius 3 is 2.48 bits per heavy atom. The van der Waals surface area contributed by atoms with Gasteiger partial charge in [-0.05, 0) is 56.2 Å². The molecule has 8 nitrogen and oxygen atoms in total. The highest BCUT2D eigenvalue weighted by atomic mass is 127. The number of hydrogen-bond acceptors (Lipinski definition) is 5. The molecule has 0 aliphatic heterocycles. The fraction of sp³-hybridized carbons (Fsp3) is 0.227. The molecule has 9 heteroatoms. The number of hydrogen-bond donors (Lipinski definition) is 3. The molecule has 5 N–H and O–H groups in total. The van der Waals surface area contributed by atoms with Crippen LogP contribution in [0.25, 0.3) is 5.69 Å². The fourth-order valence-electron chi connectivity index (χ4n) is 2.97. The van der Waals surface area contributed by atoms with Crippen LogP contribution in [0.4, 0.5) is 11.5 Å². The molecule has 0 amide bonds. The van der Waals surface area contributed by atoms with Crippen LogP contribution in [0.5, 0.6) is 5.75 Å². The lowest BCUT2D eigenvalue weighted by Gasteiger charge is -2.06. The van der Waals surface area contributed by atoms with Crippen molar-refractivity contribution in [3.05, 3.63) is 65.4 Å². The number of guanidine groups is 1. The smallest absolute Gasteiger partial charge is 0.193 e. The lowest BCUT2D eigenvalue weighted by molar-refractivity contribution is 0.415. The fourth-order valence-corrected chi connectivity index (χ4v) is 2.97. The van der Waals surface area contributed by atoms with E-state index in [9.17, 15) is 5.26 Å². The van der Waals surface area contributed by atoms with Gasteiger partial charge < -0.3 is 21.5 Å². The van der Waals surface area contributed by atoms with Gasteiger partial charge in [0, 0.05) is 12.2 Å². The molecule has 0 atom stereocenters. The number of ether oxygens (including phenoxy) is 1. The van der Waals surface area contributed by atoms with Gasteiger partial charge in [0.05, 0.1) is 18.5 Å². The minimum absolute atomic E-state index is 0. The molecule has 0 fully saturated rings. The molecule has 3 aromatic rings. The van der Waals surface area contributed by atoms with Gasteiger partial charge in [-0.25, -0.2) is 4.68 Å². The number of halogens is 1. The average molecular weight is 531 g/mol. The third-order valence-electron chi connectivity index (χ3n) is 4.60. The molecule has 162 valence electrons. The summed E-state index contributed by atoms with van der Waals surface area (Å²) in [6.07, 6.45) is 1.26. The highest BCUT2D eigenvalue weighted by molar-refractivity contribution is 14.0. The lowest BCUT2D eigenvalue weighted by Crippen LogP contribution is -2.22. The molecule has 0 radical (unpaired) electrons. The normalized spacial score (nSPS) is 10.8. The number of nitriles is 1. The molecule has 0 bridgehead atoms. The SMILES string of the molecule is COc1ccc(NC(N)=NCCCc2nn(-c3ccc(C)cc3)c(N)c2C#N)cc1.I. The standard InChI is InChI=1S/C22H25N7O.HI/c1-15-5-9-17(10-6-15)29-21(24)19(14-23)20(28-29)4-3-13-26-22(25)27-16-7-11-18(30-2)12-8-16;/h5-12H,3-4,13,24H2,1-2H3,(H3,25,26,27);1H. The minimum atomic E-state index is 0. The third kappa shape index (κ3) is 6.11. The molecule has 0 aliphatic carbocycles. The Bertz CT molecular complexity index is 1070. The summed E-state index contributed by atoms with van der Waals surface area (Å²) in [4.78, 5) is 4.33. The number of benzene rings is 2. The molecule has 1 heterocycles. The highest BCUT2D eigenvalue weighted by Crippen LogP contribution is 2.22. The summed E-state index contributed by atoms with van der Waals surface area (Å²) in [5.41, 5.74) is 16.0. The molecule has 3 rings (SSSR count). The second kappa shape index (κ2) is 11.2. The van der Waals surface area contributed by atoms with Crippen molar-refractivity contribution in [1.82, 2.24) is 9.78 Å². The largest absolute Gasteiger partial charge is 0.497 e. The number of anilines is 2. The quantitative estimate of drug-likeness (QED) is 0.185. The Balaban J connectivity index is 0.00000341. The summed E-state index contributed by atoms with van der Waals surface area (Å²) in [5.74, 6) is 1.44. The van der Waals surface area contributed by atoms with Crippen LogP contribution in [0.15, 0.2) is 53.5 Å². The first-order valence-electron chi connectivity index (χ1n) is 9.57. The van der Waals surface area contributed by atoms with Gasteiger partial charge in [-0.3, -0.25) is 4.99 Å². The molecule has 2 aromatic carbocycles. The third-order valence-corrected chi connectivity index (χ3v) is 4.60. The van der Waals surface area contributed by atoms with Crippen molar-refractivity contribution >= 4 is 41.4 Å². The van der Waals surface area contributed by atoms with Gasteiger partial charge in [0.25, 0.3) is 0 Å². The predicted molar refractivity (Wildman–Crippen MR) is 134 cm³/mol. The number of nitrogens with one attached hydrogen (secondary N) is 1. The first-order valence-corrected chi connectivity index (χ1v) is 9.57. The summed E-state index contributed by atoms with van der Waals surface area (Å²) < 4.78 is 6.74. The molecule has 0 aliphatic rings. The number of aryl methyl sites for hydroxylation is 2. The molecule has 1 aromatic heterocycles. The van der Waals surface area contributed by atoms with Crippen LogP contribution in [0, 0.1) is 18.3 Å². The molecule has 0 spiro atoms. The van der Waals surface area contributed by atoms with E-state index in [1.165, 1.54) is 0 Å². The van der Waals surface area contributed by atoms with E-state index >= 15 is 0 Å². The molecular formula is C22H26IN7O. The van der Waals surface area contributed by atoms with E-state index in [1.54, 1.807) is 11.8 Å². The van der Waals surface area contributed by atoms with Crippen LogP contribution in [0.1, 0.15) is 23.2 Å². The van der Waals surface area contributed by atoms with E-state index in [0.29, 0.717) is 42.4 Å². The van der Waals surface area contributed by atoms with Crippen LogP contribution >= 0.6 is 24.0 Å². The summed E-state index contributed by atoms with van der Waals surface area (Å²) in [6, 6.07) is 17.4. The predicted octanol–water partition coefficient (Wildman–Crippen LogP) is 3.62. The highest BCUT2D eigenvalue weighted by Gasteiger charge is 2.16. The van der Waals surface area contributed by atoms with E-state index in [1.807, 2.05) is 55.5 Å². The van der Waals surface area contributed by atoms with Crippen molar-refractivity contribution in [1.29, 1.82) is 5.26 Å². The second-order valence-corrected chi connectivity index (χ2v) is 6.79. The van der Waals surface area contributed by atoms with E-state index in [0.717, 1.165) is 22.7 Å². The summed E-state index contributed by atoms with van der Waals surface area (Å²) in [6.45, 7) is 2.51. The van der Waals surface area contributed by atoms with Gasteiger partial charge in [0.1, 0.15) is 23.2 Å².